The molecule has 0 atom stereocenters. The molecule has 0 bridgehead atoms. The summed E-state index contributed by atoms with van der Waals surface area (Å²) in [5, 5.41) is 3.62. The van der Waals surface area contributed by atoms with Gasteiger partial charge in [0.15, 0.2) is 4.32 Å². The van der Waals surface area contributed by atoms with E-state index < -0.39 is 11.7 Å². The van der Waals surface area contributed by atoms with Gasteiger partial charge in [-0.3, -0.25) is 19.3 Å². The molecule has 0 radical (unpaired) electrons. The summed E-state index contributed by atoms with van der Waals surface area (Å²) in [4.78, 5) is 40.5. The number of carbonyl (C=O) groups excluding carboxylic acids is 3. The third kappa shape index (κ3) is 5.41. The fourth-order valence-electron chi connectivity index (χ4n) is 4.52. The van der Waals surface area contributed by atoms with Gasteiger partial charge in [0.2, 0.25) is 0 Å². The number of fused-ring (bicyclic) bond motifs is 1. The van der Waals surface area contributed by atoms with Crippen molar-refractivity contribution in [2.75, 3.05) is 16.8 Å². The van der Waals surface area contributed by atoms with Crippen molar-refractivity contribution >= 4 is 74.4 Å². The summed E-state index contributed by atoms with van der Waals surface area (Å²) >= 11 is 6.73. The Morgan fingerprint density at radius 3 is 2.58 bits per heavy atom. The van der Waals surface area contributed by atoms with Gasteiger partial charge >= 0.3 is 5.97 Å². The zero-order valence-corrected chi connectivity index (χ0v) is 23.3. The topological polar surface area (TPSA) is 80.6 Å². The number of thioether (sulfide) groups is 1. The first-order valence-electron chi connectivity index (χ1n) is 12.4. The van der Waals surface area contributed by atoms with Gasteiger partial charge in [0, 0.05) is 33.4 Å². The predicted octanol–water partition coefficient (Wildman–Crippen LogP) is 6.31. The number of anilines is 2. The number of amides is 2. The molecule has 10 heteroatoms. The van der Waals surface area contributed by atoms with Crippen LogP contribution >= 0.6 is 24.0 Å². The van der Waals surface area contributed by atoms with Gasteiger partial charge < -0.3 is 14.6 Å². The molecular formula is C30H24FN3O4S2. The van der Waals surface area contributed by atoms with Gasteiger partial charge in [-0.25, -0.2) is 4.39 Å². The van der Waals surface area contributed by atoms with E-state index in [-0.39, 0.29) is 18.4 Å². The zero-order valence-electron chi connectivity index (χ0n) is 21.6. The molecule has 0 aliphatic carbocycles. The molecule has 1 aliphatic rings. The molecule has 1 N–H and O–H groups in total. The van der Waals surface area contributed by atoms with Crippen molar-refractivity contribution in [3.8, 4) is 0 Å². The normalized spacial score (nSPS) is 14.3. The molecule has 2 amide bonds. The lowest BCUT2D eigenvalue weighted by molar-refractivity contribution is -0.143. The van der Waals surface area contributed by atoms with Gasteiger partial charge in [-0.2, -0.15) is 0 Å². The van der Waals surface area contributed by atoms with Crippen LogP contribution in [0.25, 0.3) is 17.0 Å². The van der Waals surface area contributed by atoms with Gasteiger partial charge in [-0.15, -0.1) is 0 Å². The van der Waals surface area contributed by atoms with Gasteiger partial charge in [-0.1, -0.05) is 48.2 Å². The molecule has 3 aromatic carbocycles. The van der Waals surface area contributed by atoms with Crippen LogP contribution in [0.3, 0.4) is 0 Å². The molecule has 1 aromatic heterocycles. The summed E-state index contributed by atoms with van der Waals surface area (Å²) in [6, 6.07) is 19.7. The molecule has 202 valence electrons. The number of halogens is 1. The number of aromatic nitrogens is 1. The molecule has 1 aliphatic heterocycles. The van der Waals surface area contributed by atoms with Crippen molar-refractivity contribution in [2.24, 2.45) is 0 Å². The zero-order chi connectivity index (χ0) is 28.4. The number of para-hydroxylation sites is 1. The SMILES string of the molecule is CCOC(=O)Cn1c(C)c(/C=C2/SC(=S)N(c3cccc(C(=O)Nc4ccc(F)cc4)c3)C2=O)c2ccccc21. The standard InChI is InChI=1S/C30H24FN3O4S2/c1-3-38-27(35)17-33-18(2)24(23-9-4-5-10-25(23)33)16-26-29(37)34(30(39)40-26)22-8-6-7-19(15-22)28(36)32-21-13-11-20(31)12-14-21/h4-16H,3,17H2,1-2H3,(H,32,36)/b26-16+. The van der Waals surface area contributed by atoms with Crippen LogP contribution in [0.1, 0.15) is 28.5 Å². The second-order valence-corrected chi connectivity index (χ2v) is 10.6. The van der Waals surface area contributed by atoms with E-state index in [4.69, 9.17) is 17.0 Å². The van der Waals surface area contributed by atoms with Crippen LogP contribution in [-0.4, -0.2) is 33.3 Å². The third-order valence-corrected chi connectivity index (χ3v) is 7.71. The van der Waals surface area contributed by atoms with Crippen LogP contribution in [0, 0.1) is 12.7 Å². The number of rotatable bonds is 7. The average Bonchev–Trinajstić information content (AvgIpc) is 3.37. The number of esters is 1. The van der Waals surface area contributed by atoms with Crippen LogP contribution in [-0.2, 0) is 20.9 Å². The number of benzene rings is 3. The highest BCUT2D eigenvalue weighted by molar-refractivity contribution is 8.27. The van der Waals surface area contributed by atoms with Gasteiger partial charge in [0.1, 0.15) is 12.4 Å². The first-order valence-corrected chi connectivity index (χ1v) is 13.7. The van der Waals surface area contributed by atoms with E-state index in [1.54, 1.807) is 37.3 Å². The van der Waals surface area contributed by atoms with Crippen LogP contribution in [0.4, 0.5) is 15.8 Å². The Balaban J connectivity index is 1.44. The quantitative estimate of drug-likeness (QED) is 0.159. The molecule has 0 spiro atoms. The summed E-state index contributed by atoms with van der Waals surface area (Å²) in [6.07, 6.45) is 1.80. The maximum absolute atomic E-state index is 13.6. The molecule has 2 heterocycles. The number of ether oxygens (including phenoxy) is 1. The highest BCUT2D eigenvalue weighted by atomic mass is 32.2. The van der Waals surface area contributed by atoms with Gasteiger partial charge in [0.25, 0.3) is 11.8 Å². The molecule has 1 saturated heterocycles. The smallest absolute Gasteiger partial charge is 0.325 e. The van der Waals surface area contributed by atoms with Crippen molar-refractivity contribution in [1.82, 2.24) is 4.57 Å². The molecule has 5 rings (SSSR count). The highest BCUT2D eigenvalue weighted by Crippen LogP contribution is 2.38. The molecule has 40 heavy (non-hydrogen) atoms. The Hall–Kier alpha value is -4.28. The second kappa shape index (κ2) is 11.4. The number of carbonyl (C=O) groups is 3. The Bertz CT molecular complexity index is 1700. The van der Waals surface area contributed by atoms with E-state index in [1.807, 2.05) is 35.8 Å². The van der Waals surface area contributed by atoms with E-state index in [9.17, 15) is 18.8 Å². The van der Waals surface area contributed by atoms with E-state index in [1.165, 1.54) is 40.9 Å². The minimum atomic E-state index is -0.403. The lowest BCUT2D eigenvalue weighted by Gasteiger charge is -2.15. The number of nitrogens with zero attached hydrogens (tertiary/aromatic N) is 2. The maximum Gasteiger partial charge on any atom is 0.325 e. The minimum Gasteiger partial charge on any atom is -0.465 e. The number of thiocarbonyl (C=S) groups is 1. The van der Waals surface area contributed by atoms with Crippen molar-refractivity contribution in [2.45, 2.75) is 20.4 Å². The van der Waals surface area contributed by atoms with Crippen LogP contribution in [0.15, 0.2) is 77.7 Å². The van der Waals surface area contributed by atoms with Gasteiger partial charge in [-0.05, 0) is 68.5 Å². The predicted molar refractivity (Wildman–Crippen MR) is 160 cm³/mol. The minimum absolute atomic E-state index is 0.0573. The Morgan fingerprint density at radius 2 is 1.82 bits per heavy atom. The molecule has 1 fully saturated rings. The fourth-order valence-corrected chi connectivity index (χ4v) is 5.80. The monoisotopic (exact) mass is 573 g/mol. The van der Waals surface area contributed by atoms with E-state index in [0.717, 1.165) is 22.2 Å². The first-order chi connectivity index (χ1) is 19.3. The number of hydrogen-bond donors (Lipinski definition) is 1. The van der Waals surface area contributed by atoms with Crippen LogP contribution in [0.5, 0.6) is 0 Å². The fraction of sp³-hybridized carbons (Fsp3) is 0.133. The number of nitrogens with one attached hydrogen (secondary N) is 1. The molecule has 7 nitrogen and oxygen atoms in total. The summed E-state index contributed by atoms with van der Waals surface area (Å²) in [6.45, 7) is 4.01. The van der Waals surface area contributed by atoms with E-state index >= 15 is 0 Å². The van der Waals surface area contributed by atoms with Crippen molar-refractivity contribution < 1.29 is 23.5 Å². The average molecular weight is 574 g/mol. The molecule has 0 saturated carbocycles. The van der Waals surface area contributed by atoms with Crippen LogP contribution in [0.2, 0.25) is 0 Å². The molecular weight excluding hydrogens is 549 g/mol. The molecule has 4 aromatic rings. The van der Waals surface area contributed by atoms with Gasteiger partial charge in [0.05, 0.1) is 17.2 Å². The van der Waals surface area contributed by atoms with Crippen molar-refractivity contribution in [3.05, 3.63) is 100 Å². The highest BCUT2D eigenvalue weighted by Gasteiger charge is 2.34. The first kappa shape index (κ1) is 27.3. The lowest BCUT2D eigenvalue weighted by Crippen LogP contribution is -2.27. The van der Waals surface area contributed by atoms with Crippen molar-refractivity contribution in [1.29, 1.82) is 0 Å². The Labute approximate surface area is 239 Å². The summed E-state index contributed by atoms with van der Waals surface area (Å²) in [7, 11) is 0. The summed E-state index contributed by atoms with van der Waals surface area (Å²) in [5.41, 5.74) is 3.71. The van der Waals surface area contributed by atoms with E-state index in [0.29, 0.717) is 32.8 Å². The Morgan fingerprint density at radius 1 is 1.07 bits per heavy atom. The molecule has 0 unspecified atom stereocenters. The Kier molecular flexibility index (Phi) is 7.81. The number of hydrogen-bond acceptors (Lipinski definition) is 6. The summed E-state index contributed by atoms with van der Waals surface area (Å²) < 4.78 is 20.6. The largest absolute Gasteiger partial charge is 0.465 e. The van der Waals surface area contributed by atoms with E-state index in [2.05, 4.69) is 5.32 Å². The second-order valence-electron chi connectivity index (χ2n) is 8.94. The van der Waals surface area contributed by atoms with Crippen molar-refractivity contribution in [3.63, 3.8) is 0 Å². The lowest BCUT2D eigenvalue weighted by atomic mass is 10.1. The third-order valence-electron chi connectivity index (χ3n) is 6.41. The van der Waals surface area contributed by atoms with Crippen LogP contribution < -0.4 is 10.2 Å². The maximum atomic E-state index is 13.6. The summed E-state index contributed by atoms with van der Waals surface area (Å²) in [5.74, 6) is -1.46.